The number of quaternary nitrogens is 1. The number of fused-ring (bicyclic) bond motifs is 1. The number of nitrogens with zero attached hydrogens (tertiary/aromatic N) is 1. The highest BCUT2D eigenvalue weighted by molar-refractivity contribution is 5.66. The second-order valence-corrected chi connectivity index (χ2v) is 8.94. The Morgan fingerprint density at radius 2 is 2.21 bits per heavy atom. The Labute approximate surface area is 168 Å². The summed E-state index contributed by atoms with van der Waals surface area (Å²) in [5.41, 5.74) is 0.318. The predicted octanol–water partition coefficient (Wildman–Crippen LogP) is -0.0336. The van der Waals surface area contributed by atoms with Crippen molar-refractivity contribution in [3.05, 3.63) is 40.6 Å². The number of benzene rings is 1. The van der Waals surface area contributed by atoms with E-state index in [1.54, 1.807) is 14.2 Å². The topological polar surface area (TPSA) is 95.7 Å². The number of methoxy groups -OCH3 is 2. The smallest absolute Gasteiger partial charge is 0.209 e. The van der Waals surface area contributed by atoms with Crippen LogP contribution in [-0.2, 0) is 21.4 Å². The third kappa shape index (κ3) is 1.64. The van der Waals surface area contributed by atoms with Crippen LogP contribution >= 0.6 is 0 Å². The van der Waals surface area contributed by atoms with Gasteiger partial charge < -0.3 is 24.3 Å². The van der Waals surface area contributed by atoms with E-state index in [1.165, 1.54) is 0 Å². The van der Waals surface area contributed by atoms with E-state index in [0.29, 0.717) is 37.3 Å². The van der Waals surface area contributed by atoms with Crippen molar-refractivity contribution in [1.29, 1.82) is 0 Å². The maximum Gasteiger partial charge on any atom is 0.209 e. The molecule has 4 aliphatic carbocycles. The summed E-state index contributed by atoms with van der Waals surface area (Å²) in [5, 5.41) is 21.6. The Morgan fingerprint density at radius 3 is 2.90 bits per heavy atom. The van der Waals surface area contributed by atoms with Gasteiger partial charge in [-0.1, -0.05) is 12.1 Å². The lowest BCUT2D eigenvalue weighted by atomic mass is 9.38. The van der Waals surface area contributed by atoms with Crippen molar-refractivity contribution >= 4 is 6.41 Å². The van der Waals surface area contributed by atoms with Crippen molar-refractivity contribution < 1.29 is 29.4 Å². The van der Waals surface area contributed by atoms with Crippen LogP contribution in [0.4, 0.5) is 0 Å². The van der Waals surface area contributed by atoms with E-state index >= 15 is 0 Å². The molecule has 0 aromatic heterocycles. The Bertz CT molecular complexity index is 949. The van der Waals surface area contributed by atoms with Gasteiger partial charge in [0.15, 0.2) is 23.1 Å². The fourth-order valence-electron chi connectivity index (χ4n) is 7.43. The number of ether oxygens (including phenoxy) is 3. The van der Waals surface area contributed by atoms with Gasteiger partial charge in [0.05, 0.1) is 12.5 Å². The number of amides is 1. The van der Waals surface area contributed by atoms with Crippen LogP contribution in [0.5, 0.6) is 11.5 Å². The first-order valence-corrected chi connectivity index (χ1v) is 10.1. The molecule has 2 spiro atoms. The molecule has 2 aliphatic heterocycles. The summed E-state index contributed by atoms with van der Waals surface area (Å²) < 4.78 is 18.2. The van der Waals surface area contributed by atoms with Gasteiger partial charge in [0.1, 0.15) is 6.10 Å². The highest BCUT2D eigenvalue weighted by Gasteiger charge is 2.81. The van der Waals surface area contributed by atoms with Gasteiger partial charge in [0, 0.05) is 37.1 Å². The van der Waals surface area contributed by atoms with Gasteiger partial charge in [0.25, 0.3) is 0 Å². The number of hydrogen-bond acceptors (Lipinski definition) is 6. The van der Waals surface area contributed by atoms with Gasteiger partial charge in [-0.05, 0) is 30.5 Å². The Hall–Kier alpha value is -2.13. The first-order chi connectivity index (χ1) is 14.0. The van der Waals surface area contributed by atoms with Crippen molar-refractivity contribution in [3.63, 3.8) is 0 Å². The molecule has 2 fully saturated rings. The standard InChI is InChI=1S/C21H24N2O6/c1-27-13-4-3-12-9-14-19-5-6-21(28-2,15(10-19)23(25)26)18-20(19,7-8-22(14)11-24)16(12)17(13)29-18/h3-6,11,14-15,18,23,25H,7-10H2,1-2H3/t14-,15-,18+,19-,20+,21-/m1/s1. The zero-order valence-electron chi connectivity index (χ0n) is 16.4. The second-order valence-electron chi connectivity index (χ2n) is 8.94. The fraction of sp³-hybridized carbons (Fsp3) is 0.571. The van der Waals surface area contributed by atoms with E-state index in [4.69, 9.17) is 14.2 Å². The van der Waals surface area contributed by atoms with Gasteiger partial charge in [-0.15, -0.1) is 0 Å². The van der Waals surface area contributed by atoms with Gasteiger partial charge in [-0.3, -0.25) is 4.79 Å². The summed E-state index contributed by atoms with van der Waals surface area (Å²) in [6.07, 6.45) is 6.32. The number of likely N-dealkylation sites (tertiary alicyclic amines) is 1. The zero-order chi connectivity index (χ0) is 20.2. The molecule has 29 heavy (non-hydrogen) atoms. The van der Waals surface area contributed by atoms with Crippen LogP contribution < -0.4 is 14.7 Å². The summed E-state index contributed by atoms with van der Waals surface area (Å²) in [4.78, 5) is 13.8. The molecule has 1 saturated heterocycles. The van der Waals surface area contributed by atoms with Crippen LogP contribution in [0.2, 0.25) is 0 Å². The summed E-state index contributed by atoms with van der Waals surface area (Å²) >= 11 is 0. The molecule has 1 aromatic rings. The number of piperidine rings is 1. The van der Waals surface area contributed by atoms with Crippen LogP contribution in [0.25, 0.3) is 0 Å². The number of hydrogen-bond donors (Lipinski definition) is 2. The molecule has 1 amide bonds. The van der Waals surface area contributed by atoms with Gasteiger partial charge in [0.2, 0.25) is 6.41 Å². The molecule has 1 unspecified atom stereocenters. The van der Waals surface area contributed by atoms with Crippen LogP contribution in [0, 0.1) is 10.6 Å². The molecule has 0 radical (unpaired) electrons. The lowest BCUT2D eigenvalue weighted by Crippen LogP contribution is -3.14. The fourth-order valence-corrected chi connectivity index (χ4v) is 7.43. The van der Waals surface area contributed by atoms with Crippen molar-refractivity contribution in [3.8, 4) is 11.5 Å². The average molecular weight is 400 g/mol. The lowest BCUT2D eigenvalue weighted by Gasteiger charge is -2.70. The summed E-state index contributed by atoms with van der Waals surface area (Å²) in [6.45, 7) is 0.622. The predicted molar refractivity (Wildman–Crippen MR) is 99.8 cm³/mol. The van der Waals surface area contributed by atoms with Crippen LogP contribution in [-0.4, -0.2) is 61.1 Å². The van der Waals surface area contributed by atoms with Gasteiger partial charge in [-0.2, -0.15) is 0 Å². The van der Waals surface area contributed by atoms with Crippen LogP contribution in [0.3, 0.4) is 0 Å². The molecule has 6 aliphatic rings. The molecular weight excluding hydrogens is 376 g/mol. The average Bonchev–Trinajstić information content (AvgIpc) is 3.10. The van der Waals surface area contributed by atoms with E-state index in [-0.39, 0.29) is 6.04 Å². The van der Waals surface area contributed by atoms with E-state index in [1.807, 2.05) is 17.0 Å². The van der Waals surface area contributed by atoms with E-state index in [9.17, 15) is 15.2 Å². The number of hydroxylamine groups is 2. The Kier molecular flexibility index (Phi) is 3.24. The van der Waals surface area contributed by atoms with E-state index in [0.717, 1.165) is 17.5 Å². The monoisotopic (exact) mass is 400 g/mol. The van der Waals surface area contributed by atoms with Crippen molar-refractivity contribution in [1.82, 2.24) is 4.90 Å². The first-order valence-electron chi connectivity index (χ1n) is 10.1. The number of nitrogens with one attached hydrogen (secondary N) is 1. The third-order valence-corrected chi connectivity index (χ3v) is 8.48. The molecule has 2 heterocycles. The maximum atomic E-state index is 12.4. The maximum absolute atomic E-state index is 12.4. The largest absolute Gasteiger partial charge is 0.600 e. The minimum atomic E-state index is -1.06. The van der Waals surface area contributed by atoms with Gasteiger partial charge >= 0.3 is 0 Å². The molecule has 1 aromatic carbocycles. The summed E-state index contributed by atoms with van der Waals surface area (Å²) in [7, 11) is 3.19. The van der Waals surface area contributed by atoms with Crippen molar-refractivity contribution in [2.24, 2.45) is 5.41 Å². The quantitative estimate of drug-likeness (QED) is 0.419. The summed E-state index contributed by atoms with van der Waals surface area (Å²) in [5.74, 6) is 1.38. The lowest BCUT2D eigenvalue weighted by molar-refractivity contribution is -1.07. The molecule has 8 nitrogen and oxygen atoms in total. The van der Waals surface area contributed by atoms with Gasteiger partial charge in [-0.25, -0.2) is 10.4 Å². The van der Waals surface area contributed by atoms with Crippen molar-refractivity contribution in [2.75, 3.05) is 20.8 Å². The SMILES string of the molecule is COc1ccc2c3c1O[C@@H]1[C@@]4(OC)C=C[C@@]5(C[C@H]4[NH+]([O-])O)[C@@H](C2)N(C=O)CC[C@]315. The Morgan fingerprint density at radius 1 is 1.38 bits per heavy atom. The van der Waals surface area contributed by atoms with Crippen LogP contribution in [0.15, 0.2) is 24.3 Å². The van der Waals surface area contributed by atoms with Crippen molar-refractivity contribution in [2.45, 2.75) is 48.5 Å². The molecular formula is C21H24N2O6. The highest BCUT2D eigenvalue weighted by atomic mass is 16.8. The summed E-state index contributed by atoms with van der Waals surface area (Å²) in [6, 6.07) is 3.14. The number of rotatable bonds is 4. The molecule has 2 N–H and O–H groups in total. The first kappa shape index (κ1) is 17.7. The van der Waals surface area contributed by atoms with Crippen LogP contribution in [0.1, 0.15) is 24.0 Å². The number of carbonyl (C=O) groups is 1. The zero-order valence-corrected chi connectivity index (χ0v) is 16.4. The molecule has 8 heteroatoms. The molecule has 154 valence electrons. The minimum Gasteiger partial charge on any atom is -0.600 e. The van der Waals surface area contributed by atoms with E-state index < -0.39 is 33.8 Å². The molecule has 7 rings (SSSR count). The molecule has 1 saturated carbocycles. The third-order valence-electron chi connectivity index (χ3n) is 8.48. The number of carbonyl (C=O) groups excluding carboxylic acids is 1. The second kappa shape index (κ2) is 5.31. The Balaban J connectivity index is 1.70. The minimum absolute atomic E-state index is 0.0973. The molecule has 4 bridgehead atoms. The molecule has 7 atom stereocenters. The normalized spacial score (nSPS) is 43.6. The highest BCUT2D eigenvalue weighted by Crippen LogP contribution is 2.73. The van der Waals surface area contributed by atoms with E-state index in [2.05, 4.69) is 12.1 Å².